The second-order valence-electron chi connectivity index (χ2n) is 7.70. The zero-order valence-corrected chi connectivity index (χ0v) is 16.6. The van der Waals surface area contributed by atoms with Gasteiger partial charge in [0, 0.05) is 25.2 Å². The van der Waals surface area contributed by atoms with E-state index in [9.17, 15) is 8.42 Å². The van der Waals surface area contributed by atoms with Gasteiger partial charge in [-0.05, 0) is 50.8 Å². The largest absolute Gasteiger partial charge is 0.311 e. The number of hydrogen-bond donors (Lipinski definition) is 2. The fraction of sp³-hybridized carbons (Fsp3) is 0.600. The molecule has 1 aromatic carbocycles. The van der Waals surface area contributed by atoms with Crippen molar-refractivity contribution in [3.05, 3.63) is 41.5 Å². The Bertz CT molecular complexity index is 710. The Kier molecular flexibility index (Phi) is 6.51. The van der Waals surface area contributed by atoms with Crippen LogP contribution in [-0.4, -0.2) is 57.8 Å². The van der Waals surface area contributed by atoms with E-state index >= 15 is 0 Å². The monoisotopic (exact) mass is 377 g/mol. The molecule has 0 unspecified atom stereocenters. The minimum absolute atomic E-state index is 0.505. The summed E-state index contributed by atoms with van der Waals surface area (Å²) >= 11 is 0. The normalized spacial score (nSPS) is 25.4. The van der Waals surface area contributed by atoms with Gasteiger partial charge in [0.25, 0.3) is 0 Å². The highest BCUT2D eigenvalue weighted by molar-refractivity contribution is 7.88. The Balaban J connectivity index is 1.36. The Morgan fingerprint density at radius 2 is 1.92 bits per heavy atom. The van der Waals surface area contributed by atoms with Gasteiger partial charge in [-0.2, -0.15) is 0 Å². The average Bonchev–Trinajstić information content (AvgIpc) is 3.36. The highest BCUT2D eigenvalue weighted by atomic mass is 32.2. The molecule has 1 saturated carbocycles. The van der Waals surface area contributed by atoms with Crippen molar-refractivity contribution in [2.45, 2.75) is 38.3 Å². The molecule has 1 aromatic rings. The Morgan fingerprint density at radius 3 is 2.58 bits per heavy atom. The first kappa shape index (κ1) is 19.5. The minimum atomic E-state index is -3.07. The predicted octanol–water partition coefficient (Wildman–Crippen LogP) is 2.08. The van der Waals surface area contributed by atoms with Crippen LogP contribution in [0.2, 0.25) is 0 Å². The van der Waals surface area contributed by atoms with Gasteiger partial charge in [-0.15, -0.1) is 0 Å². The maximum absolute atomic E-state index is 11.1. The molecule has 2 fully saturated rings. The third-order valence-electron chi connectivity index (χ3n) is 5.40. The van der Waals surface area contributed by atoms with Gasteiger partial charge in [0.1, 0.15) is 0 Å². The minimum Gasteiger partial charge on any atom is -0.311 e. The Labute approximate surface area is 157 Å². The number of sulfonamides is 1. The number of benzene rings is 1. The first-order chi connectivity index (χ1) is 12.4. The van der Waals surface area contributed by atoms with E-state index in [1.807, 2.05) is 0 Å². The highest BCUT2D eigenvalue weighted by Gasteiger charge is 2.39. The molecule has 3 rings (SSSR count). The standard InChI is InChI=1S/C20H31N3O2S/c1-16(14-17-6-4-3-5-7-17)19-15-20(19)22-18-8-11-23(12-9-18)13-10-21-26(2,24)25/h3-7,14,18-22H,8-13,15H2,1-2H3/t19-,20+/m0/s1. The summed E-state index contributed by atoms with van der Waals surface area (Å²) in [5.41, 5.74) is 2.75. The molecule has 0 amide bonds. The first-order valence-corrected chi connectivity index (χ1v) is 11.5. The van der Waals surface area contributed by atoms with Crippen LogP contribution in [0.15, 0.2) is 35.9 Å². The molecule has 2 atom stereocenters. The van der Waals surface area contributed by atoms with E-state index in [2.05, 4.69) is 58.3 Å². The lowest BCUT2D eigenvalue weighted by Crippen LogP contribution is -2.45. The predicted molar refractivity (Wildman–Crippen MR) is 107 cm³/mol. The quantitative estimate of drug-likeness (QED) is 0.728. The van der Waals surface area contributed by atoms with Crippen molar-refractivity contribution < 1.29 is 8.42 Å². The van der Waals surface area contributed by atoms with Crippen LogP contribution in [0.5, 0.6) is 0 Å². The summed E-state index contributed by atoms with van der Waals surface area (Å²) < 4.78 is 24.8. The molecule has 0 spiro atoms. The molecule has 0 bridgehead atoms. The topological polar surface area (TPSA) is 61.4 Å². The van der Waals surface area contributed by atoms with Gasteiger partial charge >= 0.3 is 0 Å². The molecule has 2 aliphatic rings. The number of nitrogens with one attached hydrogen (secondary N) is 2. The van der Waals surface area contributed by atoms with Crippen molar-refractivity contribution in [2.24, 2.45) is 5.92 Å². The molecule has 0 radical (unpaired) electrons. The molecule has 6 heteroatoms. The molecule has 1 aliphatic carbocycles. The summed E-state index contributed by atoms with van der Waals surface area (Å²) in [6.07, 6.45) is 7.05. The third kappa shape index (κ3) is 6.20. The fourth-order valence-corrected chi connectivity index (χ4v) is 4.28. The van der Waals surface area contributed by atoms with E-state index in [-0.39, 0.29) is 0 Å². The van der Waals surface area contributed by atoms with Crippen LogP contribution in [-0.2, 0) is 10.0 Å². The molecule has 1 aliphatic heterocycles. The summed E-state index contributed by atoms with van der Waals surface area (Å²) in [6, 6.07) is 11.7. The Morgan fingerprint density at radius 1 is 1.23 bits per heavy atom. The molecule has 5 nitrogen and oxygen atoms in total. The second-order valence-corrected chi connectivity index (χ2v) is 9.53. The van der Waals surface area contributed by atoms with Crippen LogP contribution in [0.3, 0.4) is 0 Å². The third-order valence-corrected chi connectivity index (χ3v) is 6.13. The molecule has 0 aromatic heterocycles. The second kappa shape index (κ2) is 8.65. The maximum atomic E-state index is 11.1. The summed E-state index contributed by atoms with van der Waals surface area (Å²) in [7, 11) is -3.07. The van der Waals surface area contributed by atoms with Crippen LogP contribution in [0.4, 0.5) is 0 Å². The molecule has 1 saturated heterocycles. The lowest BCUT2D eigenvalue weighted by molar-refractivity contribution is 0.199. The molecule has 2 N–H and O–H groups in total. The van der Waals surface area contributed by atoms with E-state index in [1.54, 1.807) is 0 Å². The molecule has 1 heterocycles. The van der Waals surface area contributed by atoms with Gasteiger partial charge in [-0.25, -0.2) is 13.1 Å². The van der Waals surface area contributed by atoms with E-state index in [0.29, 0.717) is 24.5 Å². The zero-order valence-electron chi connectivity index (χ0n) is 15.8. The summed E-state index contributed by atoms with van der Waals surface area (Å²) in [6.45, 7) is 5.63. The van der Waals surface area contributed by atoms with Crippen molar-refractivity contribution in [2.75, 3.05) is 32.4 Å². The van der Waals surface area contributed by atoms with Crippen molar-refractivity contribution in [3.8, 4) is 0 Å². The molecule has 144 valence electrons. The highest BCUT2D eigenvalue weighted by Crippen LogP contribution is 2.38. The van der Waals surface area contributed by atoms with E-state index in [0.717, 1.165) is 32.5 Å². The number of nitrogens with zero attached hydrogens (tertiary/aromatic N) is 1. The van der Waals surface area contributed by atoms with Crippen molar-refractivity contribution in [3.63, 3.8) is 0 Å². The van der Waals surface area contributed by atoms with Crippen LogP contribution in [0.1, 0.15) is 31.7 Å². The van der Waals surface area contributed by atoms with Gasteiger partial charge in [0.05, 0.1) is 6.26 Å². The Hall–Kier alpha value is -1.21. The SMILES string of the molecule is CC(=Cc1ccccc1)[C@@H]1C[C@H]1NC1CCN(CCNS(C)(=O)=O)CC1. The number of piperidine rings is 1. The maximum Gasteiger partial charge on any atom is 0.208 e. The first-order valence-electron chi connectivity index (χ1n) is 9.57. The van der Waals surface area contributed by atoms with Crippen molar-refractivity contribution >= 4 is 16.1 Å². The zero-order chi connectivity index (χ0) is 18.6. The molecular formula is C20H31N3O2S. The van der Waals surface area contributed by atoms with Crippen molar-refractivity contribution in [1.82, 2.24) is 14.9 Å². The van der Waals surface area contributed by atoms with Gasteiger partial charge in [0.15, 0.2) is 0 Å². The lowest BCUT2D eigenvalue weighted by atomic mass is 10.0. The molecular weight excluding hydrogens is 346 g/mol. The summed E-state index contributed by atoms with van der Waals surface area (Å²) in [5.74, 6) is 0.673. The smallest absolute Gasteiger partial charge is 0.208 e. The van der Waals surface area contributed by atoms with Crippen LogP contribution < -0.4 is 10.0 Å². The number of likely N-dealkylation sites (tertiary alicyclic amines) is 1. The van der Waals surface area contributed by atoms with Gasteiger partial charge in [0.2, 0.25) is 10.0 Å². The number of rotatable bonds is 8. The summed E-state index contributed by atoms with van der Waals surface area (Å²) in [5, 5.41) is 3.83. The van der Waals surface area contributed by atoms with Crippen molar-refractivity contribution in [1.29, 1.82) is 0 Å². The number of hydrogen-bond acceptors (Lipinski definition) is 4. The van der Waals surface area contributed by atoms with Gasteiger partial charge in [-0.3, -0.25) is 0 Å². The van der Waals surface area contributed by atoms with Gasteiger partial charge in [-0.1, -0.05) is 42.0 Å². The average molecular weight is 378 g/mol. The van der Waals surface area contributed by atoms with Crippen LogP contribution in [0.25, 0.3) is 6.08 Å². The lowest BCUT2D eigenvalue weighted by Gasteiger charge is -2.32. The van der Waals surface area contributed by atoms with Crippen LogP contribution >= 0.6 is 0 Å². The summed E-state index contributed by atoms with van der Waals surface area (Å²) in [4.78, 5) is 2.35. The fourth-order valence-electron chi connectivity index (χ4n) is 3.82. The van der Waals surface area contributed by atoms with Gasteiger partial charge < -0.3 is 10.2 Å². The van der Waals surface area contributed by atoms with E-state index in [1.165, 1.54) is 23.8 Å². The van der Waals surface area contributed by atoms with Crippen LogP contribution in [0, 0.1) is 5.92 Å². The van der Waals surface area contributed by atoms with E-state index < -0.39 is 10.0 Å². The molecule has 26 heavy (non-hydrogen) atoms. The van der Waals surface area contributed by atoms with E-state index in [4.69, 9.17) is 0 Å².